The van der Waals surface area contributed by atoms with Gasteiger partial charge in [0.25, 0.3) is 10.0 Å². The Bertz CT molecular complexity index is 1160. The van der Waals surface area contributed by atoms with Crippen LogP contribution in [-0.4, -0.2) is 14.3 Å². The lowest BCUT2D eigenvalue weighted by Crippen LogP contribution is -2.13. The van der Waals surface area contributed by atoms with E-state index in [2.05, 4.69) is 10.0 Å². The molecule has 0 aliphatic carbocycles. The van der Waals surface area contributed by atoms with E-state index in [-0.39, 0.29) is 21.3 Å². The Morgan fingerprint density at radius 2 is 1.52 bits per heavy atom. The van der Waals surface area contributed by atoms with E-state index in [1.807, 2.05) is 0 Å². The highest BCUT2D eigenvalue weighted by Crippen LogP contribution is 2.24. The van der Waals surface area contributed by atoms with Crippen LogP contribution in [0.2, 0.25) is 5.02 Å². The van der Waals surface area contributed by atoms with Gasteiger partial charge in [0.1, 0.15) is 5.82 Å². The van der Waals surface area contributed by atoms with Gasteiger partial charge in [-0.2, -0.15) is 0 Å². The number of para-hydroxylation sites is 2. The van der Waals surface area contributed by atoms with Crippen molar-refractivity contribution in [3.8, 4) is 0 Å². The van der Waals surface area contributed by atoms with Crippen molar-refractivity contribution in [3.05, 3.63) is 95.3 Å². The summed E-state index contributed by atoms with van der Waals surface area (Å²) < 4.78 is 40.9. The maximum atomic E-state index is 13.5. The molecule has 3 rings (SSSR count). The summed E-state index contributed by atoms with van der Waals surface area (Å²) in [5, 5.41) is 2.72. The third-order valence-electron chi connectivity index (χ3n) is 3.87. The Morgan fingerprint density at radius 1 is 0.897 bits per heavy atom. The standard InChI is InChI=1S/C21H16ClFN2O3S/c22-17-5-1-3-7-19(17)25-29(27,28)16-12-9-15(10-13-16)11-14-21(26)24-20-8-4-2-6-18(20)23/h1-14,25H,(H,24,26)/b14-11+. The molecule has 148 valence electrons. The smallest absolute Gasteiger partial charge is 0.261 e. The molecule has 0 bridgehead atoms. The van der Waals surface area contributed by atoms with Gasteiger partial charge in [-0.1, -0.05) is 48.0 Å². The number of carbonyl (C=O) groups is 1. The van der Waals surface area contributed by atoms with Crippen molar-refractivity contribution in [2.75, 3.05) is 10.0 Å². The fourth-order valence-corrected chi connectivity index (χ4v) is 3.73. The Labute approximate surface area is 172 Å². The first-order valence-corrected chi connectivity index (χ1v) is 10.3. The van der Waals surface area contributed by atoms with Crippen LogP contribution in [0.4, 0.5) is 15.8 Å². The second-order valence-corrected chi connectivity index (χ2v) is 8.05. The molecule has 0 unspecified atom stereocenters. The van der Waals surface area contributed by atoms with E-state index in [4.69, 9.17) is 11.6 Å². The van der Waals surface area contributed by atoms with Gasteiger partial charge >= 0.3 is 0 Å². The molecule has 0 radical (unpaired) electrons. The molecule has 0 saturated carbocycles. The van der Waals surface area contributed by atoms with Gasteiger partial charge in [0, 0.05) is 6.08 Å². The van der Waals surface area contributed by atoms with Gasteiger partial charge in [-0.15, -0.1) is 0 Å². The van der Waals surface area contributed by atoms with E-state index in [0.717, 1.165) is 0 Å². The number of hydrogen-bond acceptors (Lipinski definition) is 3. The van der Waals surface area contributed by atoms with Crippen LogP contribution >= 0.6 is 11.6 Å². The predicted octanol–water partition coefficient (Wildman–Crippen LogP) is 4.93. The van der Waals surface area contributed by atoms with E-state index in [1.165, 1.54) is 42.5 Å². The highest BCUT2D eigenvalue weighted by molar-refractivity contribution is 7.92. The molecule has 0 atom stereocenters. The average molecular weight is 431 g/mol. The molecule has 0 aliphatic heterocycles. The molecule has 0 heterocycles. The number of amides is 1. The fourth-order valence-electron chi connectivity index (χ4n) is 2.41. The molecule has 0 aliphatic rings. The molecule has 0 saturated heterocycles. The molecule has 0 fully saturated rings. The van der Waals surface area contributed by atoms with Crippen molar-refractivity contribution >= 4 is 45.0 Å². The van der Waals surface area contributed by atoms with E-state index < -0.39 is 21.7 Å². The first-order chi connectivity index (χ1) is 13.8. The maximum absolute atomic E-state index is 13.5. The minimum Gasteiger partial charge on any atom is -0.320 e. The fraction of sp³-hybridized carbons (Fsp3) is 0. The Kier molecular flexibility index (Phi) is 6.31. The molecule has 3 aromatic carbocycles. The van der Waals surface area contributed by atoms with Gasteiger partial charge < -0.3 is 5.32 Å². The van der Waals surface area contributed by atoms with Crippen molar-refractivity contribution < 1.29 is 17.6 Å². The molecule has 0 aromatic heterocycles. The van der Waals surface area contributed by atoms with Crippen molar-refractivity contribution in [2.45, 2.75) is 4.90 Å². The second kappa shape index (κ2) is 8.89. The summed E-state index contributed by atoms with van der Waals surface area (Å²) in [5.74, 6) is -1.04. The summed E-state index contributed by atoms with van der Waals surface area (Å²) in [6, 6.07) is 18.3. The van der Waals surface area contributed by atoms with Crippen LogP contribution in [0, 0.1) is 5.82 Å². The van der Waals surface area contributed by atoms with E-state index in [0.29, 0.717) is 5.56 Å². The topological polar surface area (TPSA) is 75.3 Å². The summed E-state index contributed by atoms with van der Waals surface area (Å²) in [5.41, 5.74) is 0.961. The molecule has 5 nitrogen and oxygen atoms in total. The molecular formula is C21H16ClFN2O3S. The molecule has 1 amide bonds. The van der Waals surface area contributed by atoms with Gasteiger partial charge in [0.15, 0.2) is 0 Å². The number of sulfonamides is 1. The number of halogens is 2. The summed E-state index contributed by atoms with van der Waals surface area (Å²) in [4.78, 5) is 12.0. The quantitative estimate of drug-likeness (QED) is 0.544. The maximum Gasteiger partial charge on any atom is 0.261 e. The van der Waals surface area contributed by atoms with Crippen LogP contribution in [0.25, 0.3) is 6.08 Å². The SMILES string of the molecule is O=C(/C=C/c1ccc(S(=O)(=O)Nc2ccccc2Cl)cc1)Nc1ccccc1F. The molecular weight excluding hydrogens is 415 g/mol. The molecule has 2 N–H and O–H groups in total. The number of nitrogens with one attached hydrogen (secondary N) is 2. The second-order valence-electron chi connectivity index (χ2n) is 5.96. The first kappa shape index (κ1) is 20.6. The first-order valence-electron chi connectivity index (χ1n) is 8.46. The zero-order chi connectivity index (χ0) is 20.9. The third kappa shape index (κ3) is 5.43. The predicted molar refractivity (Wildman–Crippen MR) is 113 cm³/mol. The van der Waals surface area contributed by atoms with E-state index in [1.54, 1.807) is 42.5 Å². The Hall–Kier alpha value is -3.16. The lowest BCUT2D eigenvalue weighted by Gasteiger charge is -2.09. The summed E-state index contributed by atoms with van der Waals surface area (Å²) >= 11 is 5.98. The largest absolute Gasteiger partial charge is 0.320 e. The van der Waals surface area contributed by atoms with Crippen molar-refractivity contribution in [3.63, 3.8) is 0 Å². The monoisotopic (exact) mass is 430 g/mol. The third-order valence-corrected chi connectivity index (χ3v) is 5.58. The minimum absolute atomic E-state index is 0.0466. The summed E-state index contributed by atoms with van der Waals surface area (Å²) in [6.45, 7) is 0. The van der Waals surface area contributed by atoms with Crippen molar-refractivity contribution in [1.82, 2.24) is 0 Å². The Morgan fingerprint density at radius 3 is 2.17 bits per heavy atom. The molecule has 29 heavy (non-hydrogen) atoms. The number of anilines is 2. The van der Waals surface area contributed by atoms with Crippen LogP contribution in [0.15, 0.2) is 83.8 Å². The van der Waals surface area contributed by atoms with Gasteiger partial charge in [0.2, 0.25) is 5.91 Å². The van der Waals surface area contributed by atoms with E-state index in [9.17, 15) is 17.6 Å². The van der Waals surface area contributed by atoms with Crippen LogP contribution < -0.4 is 10.0 Å². The number of carbonyl (C=O) groups excluding carboxylic acids is 1. The zero-order valence-corrected chi connectivity index (χ0v) is 16.5. The van der Waals surface area contributed by atoms with Crippen molar-refractivity contribution in [1.29, 1.82) is 0 Å². The normalized spacial score (nSPS) is 11.4. The van der Waals surface area contributed by atoms with Gasteiger partial charge in [-0.05, 0) is 48.0 Å². The van der Waals surface area contributed by atoms with Gasteiger partial charge in [-0.3, -0.25) is 9.52 Å². The summed E-state index contributed by atoms with van der Waals surface area (Å²) in [6.07, 6.45) is 2.73. The number of hydrogen-bond donors (Lipinski definition) is 2. The minimum atomic E-state index is -3.81. The van der Waals surface area contributed by atoms with Crippen LogP contribution in [0.5, 0.6) is 0 Å². The zero-order valence-electron chi connectivity index (χ0n) is 15.0. The van der Waals surface area contributed by atoms with Crippen LogP contribution in [0.3, 0.4) is 0 Å². The van der Waals surface area contributed by atoms with Crippen LogP contribution in [-0.2, 0) is 14.8 Å². The average Bonchev–Trinajstić information content (AvgIpc) is 2.70. The lowest BCUT2D eigenvalue weighted by atomic mass is 10.2. The molecule has 3 aromatic rings. The summed E-state index contributed by atoms with van der Waals surface area (Å²) in [7, 11) is -3.81. The highest BCUT2D eigenvalue weighted by atomic mass is 35.5. The van der Waals surface area contributed by atoms with Crippen molar-refractivity contribution in [2.24, 2.45) is 0 Å². The van der Waals surface area contributed by atoms with Gasteiger partial charge in [0.05, 0.1) is 21.3 Å². The van der Waals surface area contributed by atoms with Crippen LogP contribution in [0.1, 0.15) is 5.56 Å². The Balaban J connectivity index is 1.68. The van der Waals surface area contributed by atoms with Gasteiger partial charge in [-0.25, -0.2) is 12.8 Å². The molecule has 8 heteroatoms. The van der Waals surface area contributed by atoms with E-state index >= 15 is 0 Å². The lowest BCUT2D eigenvalue weighted by molar-refractivity contribution is -0.111. The number of benzene rings is 3. The number of rotatable bonds is 6. The molecule has 0 spiro atoms. The highest BCUT2D eigenvalue weighted by Gasteiger charge is 2.15.